The van der Waals surface area contributed by atoms with Crippen LogP contribution in [0.4, 0.5) is 5.82 Å². The Labute approximate surface area is 159 Å². The molecule has 4 nitrogen and oxygen atoms in total. The van der Waals surface area contributed by atoms with Crippen molar-refractivity contribution in [1.82, 2.24) is 10.2 Å². The monoisotopic (exact) mass is 354 g/mol. The van der Waals surface area contributed by atoms with Crippen LogP contribution in [0.25, 0.3) is 10.9 Å². The number of hydrogen-bond donors (Lipinski definition) is 0. The Morgan fingerprint density at radius 1 is 1.07 bits per heavy atom. The number of nitriles is 1. The number of nitrogens with zero attached hydrogens (tertiary/aromatic N) is 4. The summed E-state index contributed by atoms with van der Waals surface area (Å²) in [6, 6.07) is 17.1. The van der Waals surface area contributed by atoms with E-state index >= 15 is 0 Å². The average molecular weight is 354 g/mol. The van der Waals surface area contributed by atoms with Crippen molar-refractivity contribution >= 4 is 22.9 Å². The quantitative estimate of drug-likeness (QED) is 0.622. The molecule has 0 saturated heterocycles. The molecule has 0 aliphatic carbocycles. The third kappa shape index (κ3) is 3.10. The molecule has 1 aliphatic heterocycles. The summed E-state index contributed by atoms with van der Waals surface area (Å²) in [6.45, 7) is 5.99. The lowest BCUT2D eigenvalue weighted by Crippen LogP contribution is -2.14. The summed E-state index contributed by atoms with van der Waals surface area (Å²) in [5, 5.41) is 19.3. The molecular weight excluding hydrogens is 332 g/mol. The molecule has 1 aromatic heterocycles. The minimum absolute atomic E-state index is 0.210. The number of benzene rings is 2. The van der Waals surface area contributed by atoms with Crippen molar-refractivity contribution in [1.29, 1.82) is 5.26 Å². The maximum absolute atomic E-state index is 9.40. The normalized spacial score (nSPS) is 16.6. The van der Waals surface area contributed by atoms with Crippen LogP contribution < -0.4 is 0 Å². The second kappa shape index (κ2) is 6.59. The van der Waals surface area contributed by atoms with E-state index in [0.717, 1.165) is 40.7 Å². The van der Waals surface area contributed by atoms with E-state index in [0.29, 0.717) is 0 Å². The van der Waals surface area contributed by atoms with Gasteiger partial charge < -0.3 is 0 Å². The first-order chi connectivity index (χ1) is 13.0. The highest BCUT2D eigenvalue weighted by Crippen LogP contribution is 2.40. The van der Waals surface area contributed by atoms with Gasteiger partial charge in [-0.25, -0.2) is 4.99 Å². The van der Waals surface area contributed by atoms with Gasteiger partial charge in [0, 0.05) is 23.1 Å². The molecule has 4 rings (SSSR count). The van der Waals surface area contributed by atoms with Crippen molar-refractivity contribution in [2.75, 3.05) is 0 Å². The lowest BCUT2D eigenvalue weighted by Gasteiger charge is -2.21. The zero-order valence-corrected chi connectivity index (χ0v) is 15.9. The highest BCUT2D eigenvalue weighted by molar-refractivity contribution is 5.87. The van der Waals surface area contributed by atoms with Gasteiger partial charge in [0.05, 0.1) is 17.0 Å². The minimum Gasteiger partial charge on any atom is -0.240 e. The van der Waals surface area contributed by atoms with Gasteiger partial charge in [-0.1, -0.05) is 35.9 Å². The Hall–Kier alpha value is -3.06. The third-order valence-corrected chi connectivity index (χ3v) is 5.40. The Balaban J connectivity index is 1.87. The number of aliphatic imine (C=N–C) groups is 1. The Bertz CT molecular complexity index is 1070. The number of aryl methyl sites for hydroxylation is 1. The first kappa shape index (κ1) is 17.4. The van der Waals surface area contributed by atoms with Gasteiger partial charge in [0.1, 0.15) is 0 Å². The van der Waals surface area contributed by atoms with Crippen molar-refractivity contribution in [2.45, 2.75) is 44.9 Å². The summed E-state index contributed by atoms with van der Waals surface area (Å²) in [6.07, 6.45) is 3.83. The molecule has 0 amide bonds. The number of rotatable bonds is 2. The van der Waals surface area contributed by atoms with Crippen molar-refractivity contribution in [3.63, 3.8) is 0 Å². The zero-order chi connectivity index (χ0) is 19.0. The van der Waals surface area contributed by atoms with E-state index in [4.69, 9.17) is 0 Å². The van der Waals surface area contributed by atoms with Gasteiger partial charge in [-0.2, -0.15) is 5.26 Å². The van der Waals surface area contributed by atoms with Gasteiger partial charge in [-0.05, 0) is 56.9 Å². The summed E-state index contributed by atoms with van der Waals surface area (Å²) in [5.74, 6) is 0.929. The topological polar surface area (TPSA) is 61.9 Å². The Morgan fingerprint density at radius 3 is 2.59 bits per heavy atom. The van der Waals surface area contributed by atoms with Crippen molar-refractivity contribution in [3.8, 4) is 6.07 Å². The van der Waals surface area contributed by atoms with Gasteiger partial charge >= 0.3 is 0 Å². The molecule has 2 heterocycles. The second-order valence-electron chi connectivity index (χ2n) is 7.76. The van der Waals surface area contributed by atoms with E-state index in [1.807, 2.05) is 26.1 Å². The maximum atomic E-state index is 9.40. The largest absolute Gasteiger partial charge is 0.240 e. The predicted octanol–water partition coefficient (Wildman–Crippen LogP) is 5.37. The molecule has 0 fully saturated rings. The fourth-order valence-electron chi connectivity index (χ4n) is 3.73. The van der Waals surface area contributed by atoms with Crippen LogP contribution in [0, 0.1) is 18.3 Å². The third-order valence-electron chi connectivity index (χ3n) is 5.40. The van der Waals surface area contributed by atoms with Crippen LogP contribution in [0.1, 0.15) is 54.9 Å². The fourth-order valence-corrected chi connectivity index (χ4v) is 3.73. The molecule has 0 radical (unpaired) electrons. The van der Waals surface area contributed by atoms with E-state index < -0.39 is 5.41 Å². The smallest absolute Gasteiger partial charge is 0.178 e. The molecule has 1 unspecified atom stereocenters. The predicted molar refractivity (Wildman–Crippen MR) is 109 cm³/mol. The first-order valence-electron chi connectivity index (χ1n) is 9.31. The highest BCUT2D eigenvalue weighted by atomic mass is 15.1. The van der Waals surface area contributed by atoms with Crippen LogP contribution >= 0.6 is 0 Å². The highest BCUT2D eigenvalue weighted by Gasteiger charge is 2.25. The molecular formula is C23H22N4. The van der Waals surface area contributed by atoms with Gasteiger partial charge in [-0.15, -0.1) is 10.2 Å². The number of hydrogen-bond acceptors (Lipinski definition) is 4. The number of aromatic nitrogens is 2. The lowest BCUT2D eigenvalue weighted by atomic mass is 9.82. The van der Waals surface area contributed by atoms with Crippen molar-refractivity contribution < 1.29 is 0 Å². The summed E-state index contributed by atoms with van der Waals surface area (Å²) in [4.78, 5) is 4.57. The maximum Gasteiger partial charge on any atom is 0.178 e. The number of fused-ring (bicyclic) bond motifs is 3. The summed E-state index contributed by atoms with van der Waals surface area (Å²) >= 11 is 0. The molecule has 0 spiro atoms. The molecule has 3 aromatic rings. The lowest BCUT2D eigenvalue weighted by molar-refractivity contribution is 0.684. The Kier molecular flexibility index (Phi) is 4.24. The molecule has 1 aliphatic rings. The summed E-state index contributed by atoms with van der Waals surface area (Å²) in [5.41, 5.74) is 5.05. The van der Waals surface area contributed by atoms with Gasteiger partial charge in [0.2, 0.25) is 0 Å². The summed E-state index contributed by atoms with van der Waals surface area (Å²) < 4.78 is 0. The molecule has 4 heteroatoms. The van der Waals surface area contributed by atoms with E-state index in [2.05, 4.69) is 64.6 Å². The SMILES string of the molecule is Cc1ccc2nnc3c(c2c1)C(c1ccc(C(C)(C)C#N)cc1)CCC=N3. The van der Waals surface area contributed by atoms with E-state index in [-0.39, 0.29) is 5.92 Å². The molecule has 27 heavy (non-hydrogen) atoms. The second-order valence-corrected chi connectivity index (χ2v) is 7.76. The van der Waals surface area contributed by atoms with E-state index in [9.17, 15) is 5.26 Å². The van der Waals surface area contributed by atoms with E-state index in [1.54, 1.807) is 0 Å². The van der Waals surface area contributed by atoms with Crippen LogP contribution in [-0.2, 0) is 5.41 Å². The molecule has 2 aromatic carbocycles. The molecule has 134 valence electrons. The van der Waals surface area contributed by atoms with Crippen molar-refractivity contribution in [2.24, 2.45) is 4.99 Å². The summed E-state index contributed by atoms with van der Waals surface area (Å²) in [7, 11) is 0. The Morgan fingerprint density at radius 2 is 1.85 bits per heavy atom. The zero-order valence-electron chi connectivity index (χ0n) is 15.9. The molecule has 0 bridgehead atoms. The van der Waals surface area contributed by atoms with Crippen LogP contribution in [-0.4, -0.2) is 16.4 Å². The molecule has 1 atom stereocenters. The van der Waals surface area contributed by atoms with Crippen LogP contribution in [0.5, 0.6) is 0 Å². The minimum atomic E-state index is -0.488. The first-order valence-corrected chi connectivity index (χ1v) is 9.31. The van der Waals surface area contributed by atoms with Crippen molar-refractivity contribution in [3.05, 3.63) is 64.7 Å². The van der Waals surface area contributed by atoms with Crippen LogP contribution in [0.3, 0.4) is 0 Å². The van der Waals surface area contributed by atoms with Gasteiger partial charge in [0.25, 0.3) is 0 Å². The van der Waals surface area contributed by atoms with Crippen LogP contribution in [0.15, 0.2) is 47.5 Å². The van der Waals surface area contributed by atoms with E-state index in [1.165, 1.54) is 11.1 Å². The molecule has 0 N–H and O–H groups in total. The standard InChI is InChI=1S/C23H22N4/c1-15-6-11-20-19(13-15)21-18(5-4-12-25-22(21)27-26-20)16-7-9-17(10-8-16)23(2,3)14-24/h6-13,18H,4-5H2,1-3H3. The van der Waals surface area contributed by atoms with Crippen LogP contribution in [0.2, 0.25) is 0 Å². The average Bonchev–Trinajstić information content (AvgIpc) is 2.91. The molecule has 0 saturated carbocycles. The van der Waals surface area contributed by atoms with Gasteiger partial charge in [-0.3, -0.25) is 0 Å². The van der Waals surface area contributed by atoms with Gasteiger partial charge in [0.15, 0.2) is 5.82 Å². The fraction of sp³-hybridized carbons (Fsp3) is 0.304.